The lowest BCUT2D eigenvalue weighted by atomic mass is 10.1. The van der Waals surface area contributed by atoms with Gasteiger partial charge in [-0.1, -0.05) is 0 Å². The molecule has 98 valence electrons. The van der Waals surface area contributed by atoms with Gasteiger partial charge in [0.25, 0.3) is 0 Å². The van der Waals surface area contributed by atoms with E-state index in [1.54, 1.807) is 4.90 Å². The van der Waals surface area contributed by atoms with Gasteiger partial charge in [0.05, 0.1) is 12.7 Å². The number of ether oxygens (including phenoxy) is 1. The van der Waals surface area contributed by atoms with Crippen molar-refractivity contribution in [2.75, 3.05) is 24.6 Å². The molecule has 18 heavy (non-hydrogen) atoms. The summed E-state index contributed by atoms with van der Waals surface area (Å²) < 4.78 is 32.4. The molecule has 1 aliphatic heterocycles. The van der Waals surface area contributed by atoms with E-state index in [1.807, 2.05) is 6.92 Å². The molecular weight excluding hydrogens is 244 g/mol. The van der Waals surface area contributed by atoms with Crippen LogP contribution < -0.4 is 4.90 Å². The molecule has 6 heteroatoms. The van der Waals surface area contributed by atoms with Crippen LogP contribution in [0.3, 0.4) is 0 Å². The van der Waals surface area contributed by atoms with E-state index in [4.69, 9.17) is 9.84 Å². The first-order valence-electron chi connectivity index (χ1n) is 5.58. The Balaban J connectivity index is 2.32. The molecule has 2 rings (SSSR count). The Labute approximate surface area is 103 Å². The second kappa shape index (κ2) is 4.89. The molecule has 1 aromatic rings. The topological polar surface area (TPSA) is 49.8 Å². The lowest BCUT2D eigenvalue weighted by Crippen LogP contribution is -2.41. The Hall–Kier alpha value is -1.69. The molecule has 0 spiro atoms. The fourth-order valence-corrected chi connectivity index (χ4v) is 2.00. The molecule has 1 aromatic carbocycles. The van der Waals surface area contributed by atoms with Crippen LogP contribution in [-0.4, -0.2) is 36.9 Å². The van der Waals surface area contributed by atoms with E-state index in [0.717, 1.165) is 12.1 Å². The minimum absolute atomic E-state index is 0.0241. The van der Waals surface area contributed by atoms with Crippen LogP contribution in [0.1, 0.15) is 17.3 Å². The number of hydrogen-bond donors (Lipinski definition) is 1. The summed E-state index contributed by atoms with van der Waals surface area (Å²) >= 11 is 0. The zero-order valence-electron chi connectivity index (χ0n) is 9.82. The van der Waals surface area contributed by atoms with E-state index >= 15 is 0 Å². The maximum Gasteiger partial charge on any atom is 0.341 e. The van der Waals surface area contributed by atoms with Crippen molar-refractivity contribution < 1.29 is 23.4 Å². The van der Waals surface area contributed by atoms with Crippen molar-refractivity contribution in [3.63, 3.8) is 0 Å². The number of morpholine rings is 1. The van der Waals surface area contributed by atoms with Gasteiger partial charge in [0.2, 0.25) is 0 Å². The summed E-state index contributed by atoms with van der Waals surface area (Å²) in [6.07, 6.45) is -0.0241. The second-order valence-corrected chi connectivity index (χ2v) is 4.22. The van der Waals surface area contributed by atoms with Crippen LogP contribution in [0.4, 0.5) is 14.5 Å². The van der Waals surface area contributed by atoms with Gasteiger partial charge in [-0.2, -0.15) is 0 Å². The summed E-state index contributed by atoms with van der Waals surface area (Å²) in [5.74, 6) is -3.72. The predicted molar refractivity (Wildman–Crippen MR) is 60.9 cm³/mol. The van der Waals surface area contributed by atoms with Gasteiger partial charge in [-0.25, -0.2) is 13.6 Å². The van der Waals surface area contributed by atoms with Crippen molar-refractivity contribution in [2.24, 2.45) is 0 Å². The number of hydrogen-bond acceptors (Lipinski definition) is 3. The van der Waals surface area contributed by atoms with E-state index in [9.17, 15) is 13.6 Å². The molecule has 0 saturated carbocycles. The first-order chi connectivity index (χ1) is 8.49. The highest BCUT2D eigenvalue weighted by atomic mass is 19.1. The number of halogens is 2. The van der Waals surface area contributed by atoms with Gasteiger partial charge in [0.1, 0.15) is 17.2 Å². The lowest BCUT2D eigenvalue weighted by Gasteiger charge is -2.33. The highest BCUT2D eigenvalue weighted by molar-refractivity contribution is 5.88. The molecule has 0 aromatic heterocycles. The second-order valence-electron chi connectivity index (χ2n) is 4.22. The number of nitrogens with zero attached hydrogens (tertiary/aromatic N) is 1. The fraction of sp³-hybridized carbons (Fsp3) is 0.417. The van der Waals surface area contributed by atoms with Crippen LogP contribution in [0.5, 0.6) is 0 Å². The Bertz CT molecular complexity index is 455. The number of carboxylic acids is 1. The van der Waals surface area contributed by atoms with Gasteiger partial charge < -0.3 is 14.7 Å². The third-order valence-electron chi connectivity index (χ3n) is 2.85. The molecule has 1 fully saturated rings. The SMILES string of the molecule is C[C@H]1CN(c2cc(F)c(C(=O)O)c(F)c2)CCO1. The van der Waals surface area contributed by atoms with Gasteiger partial charge in [0, 0.05) is 18.8 Å². The summed E-state index contributed by atoms with van der Waals surface area (Å²) in [5.41, 5.74) is -0.579. The van der Waals surface area contributed by atoms with E-state index in [1.165, 1.54) is 0 Å². The molecule has 1 aliphatic rings. The predicted octanol–water partition coefficient (Wildman–Crippen LogP) is 1.89. The normalized spacial score (nSPS) is 19.9. The number of rotatable bonds is 2. The standard InChI is InChI=1S/C12H13F2NO3/c1-7-6-15(2-3-18-7)8-4-9(13)11(12(16)17)10(14)5-8/h4-5,7H,2-3,6H2,1H3,(H,16,17)/t7-/m0/s1. The van der Waals surface area contributed by atoms with Crippen molar-refractivity contribution in [3.8, 4) is 0 Å². The van der Waals surface area contributed by atoms with Crippen LogP contribution in [-0.2, 0) is 4.74 Å². The molecule has 4 nitrogen and oxygen atoms in total. The van der Waals surface area contributed by atoms with E-state index < -0.39 is 23.2 Å². The van der Waals surface area contributed by atoms with Crippen LogP contribution in [0.2, 0.25) is 0 Å². The molecular formula is C12H13F2NO3. The Kier molecular flexibility index (Phi) is 3.47. The molecule has 1 atom stereocenters. The highest BCUT2D eigenvalue weighted by Gasteiger charge is 2.22. The van der Waals surface area contributed by atoms with Crippen LogP contribution in [0, 0.1) is 11.6 Å². The highest BCUT2D eigenvalue weighted by Crippen LogP contribution is 2.23. The van der Waals surface area contributed by atoms with Crippen LogP contribution >= 0.6 is 0 Å². The van der Waals surface area contributed by atoms with E-state index in [2.05, 4.69) is 0 Å². The van der Waals surface area contributed by atoms with Gasteiger partial charge >= 0.3 is 5.97 Å². The molecule has 0 aliphatic carbocycles. The van der Waals surface area contributed by atoms with Crippen molar-refractivity contribution >= 4 is 11.7 Å². The van der Waals surface area contributed by atoms with Crippen molar-refractivity contribution in [1.82, 2.24) is 0 Å². The molecule has 0 radical (unpaired) electrons. The van der Waals surface area contributed by atoms with Crippen LogP contribution in [0.15, 0.2) is 12.1 Å². The third-order valence-corrected chi connectivity index (χ3v) is 2.85. The van der Waals surface area contributed by atoms with Gasteiger partial charge in [-0.3, -0.25) is 0 Å². The maximum absolute atomic E-state index is 13.5. The van der Waals surface area contributed by atoms with Crippen molar-refractivity contribution in [1.29, 1.82) is 0 Å². The largest absolute Gasteiger partial charge is 0.477 e. The summed E-state index contributed by atoms with van der Waals surface area (Å²) in [5, 5.41) is 8.68. The van der Waals surface area contributed by atoms with E-state index in [0.29, 0.717) is 25.4 Å². The summed E-state index contributed by atoms with van der Waals surface area (Å²) in [6.45, 7) is 3.39. The molecule has 1 saturated heterocycles. The maximum atomic E-state index is 13.5. The van der Waals surface area contributed by atoms with Crippen LogP contribution in [0.25, 0.3) is 0 Å². The third kappa shape index (κ3) is 2.43. The monoisotopic (exact) mass is 257 g/mol. The lowest BCUT2D eigenvalue weighted by molar-refractivity contribution is 0.0531. The Morgan fingerprint density at radius 1 is 1.44 bits per heavy atom. The van der Waals surface area contributed by atoms with Gasteiger partial charge in [-0.05, 0) is 19.1 Å². The smallest absolute Gasteiger partial charge is 0.341 e. The quantitative estimate of drug-likeness (QED) is 0.879. The van der Waals surface area contributed by atoms with Gasteiger partial charge in [-0.15, -0.1) is 0 Å². The molecule has 0 unspecified atom stereocenters. The van der Waals surface area contributed by atoms with Crippen molar-refractivity contribution in [2.45, 2.75) is 13.0 Å². The zero-order valence-corrected chi connectivity index (χ0v) is 9.82. The number of aromatic carboxylic acids is 1. The summed E-state index contributed by atoms with van der Waals surface area (Å²) in [4.78, 5) is 12.4. The molecule has 1 heterocycles. The minimum Gasteiger partial charge on any atom is -0.477 e. The zero-order chi connectivity index (χ0) is 13.3. The first-order valence-corrected chi connectivity index (χ1v) is 5.58. The fourth-order valence-electron chi connectivity index (χ4n) is 2.00. The Morgan fingerprint density at radius 2 is 2.06 bits per heavy atom. The average Bonchev–Trinajstić information content (AvgIpc) is 2.27. The summed E-state index contributed by atoms with van der Waals surface area (Å²) in [7, 11) is 0. The molecule has 0 bridgehead atoms. The molecule has 0 amide bonds. The Morgan fingerprint density at radius 3 is 2.56 bits per heavy atom. The summed E-state index contributed by atoms with van der Waals surface area (Å²) in [6, 6.07) is 2.09. The first kappa shape index (κ1) is 12.8. The number of anilines is 1. The number of benzene rings is 1. The average molecular weight is 257 g/mol. The number of carboxylic acid groups (broad SMARTS) is 1. The molecule has 1 N–H and O–H groups in total. The minimum atomic E-state index is -1.60. The van der Waals surface area contributed by atoms with Gasteiger partial charge in [0.15, 0.2) is 0 Å². The van der Waals surface area contributed by atoms with Crippen molar-refractivity contribution in [3.05, 3.63) is 29.3 Å². The van der Waals surface area contributed by atoms with E-state index in [-0.39, 0.29) is 6.10 Å². The number of carbonyl (C=O) groups is 1.